The average molecular weight is 240 g/mol. The van der Waals surface area contributed by atoms with Gasteiger partial charge in [-0.25, -0.2) is 0 Å². The lowest BCUT2D eigenvalue weighted by Crippen LogP contribution is -2.20. The third kappa shape index (κ3) is 3.41. The van der Waals surface area contributed by atoms with Gasteiger partial charge in [-0.15, -0.1) is 0 Å². The van der Waals surface area contributed by atoms with E-state index in [0.717, 1.165) is 18.8 Å². The summed E-state index contributed by atoms with van der Waals surface area (Å²) in [7, 11) is 0. The molecule has 0 fully saturated rings. The third-order valence-electron chi connectivity index (χ3n) is 3.23. The van der Waals surface area contributed by atoms with Gasteiger partial charge in [0.15, 0.2) is 0 Å². The van der Waals surface area contributed by atoms with Crippen LogP contribution in [0.1, 0.15) is 29.7 Å². The minimum atomic E-state index is 0.523. The Morgan fingerprint density at radius 3 is 2.61 bits per heavy atom. The van der Waals surface area contributed by atoms with Crippen molar-refractivity contribution in [2.24, 2.45) is 0 Å². The van der Waals surface area contributed by atoms with Crippen molar-refractivity contribution in [1.82, 2.24) is 10.3 Å². The molecule has 2 nitrogen and oxygen atoms in total. The topological polar surface area (TPSA) is 24.9 Å². The van der Waals surface area contributed by atoms with Crippen LogP contribution in [0.4, 0.5) is 0 Å². The van der Waals surface area contributed by atoms with Crippen LogP contribution in [0, 0.1) is 6.92 Å². The number of aryl methyl sites for hydroxylation is 1. The second-order valence-corrected chi connectivity index (χ2v) is 4.71. The summed E-state index contributed by atoms with van der Waals surface area (Å²) in [5.74, 6) is 0.523. The van der Waals surface area contributed by atoms with Crippen molar-refractivity contribution in [3.05, 3.63) is 65.5 Å². The van der Waals surface area contributed by atoms with E-state index in [2.05, 4.69) is 60.5 Å². The van der Waals surface area contributed by atoms with Crippen molar-refractivity contribution in [3.8, 4) is 0 Å². The van der Waals surface area contributed by atoms with Gasteiger partial charge in [0.1, 0.15) is 0 Å². The monoisotopic (exact) mass is 240 g/mol. The highest BCUT2D eigenvalue weighted by Crippen LogP contribution is 2.13. The van der Waals surface area contributed by atoms with Gasteiger partial charge >= 0.3 is 0 Å². The molecular weight excluding hydrogens is 220 g/mol. The molecule has 94 valence electrons. The van der Waals surface area contributed by atoms with E-state index >= 15 is 0 Å². The molecule has 0 radical (unpaired) electrons. The molecule has 2 heteroatoms. The van der Waals surface area contributed by atoms with Crippen molar-refractivity contribution < 1.29 is 0 Å². The summed E-state index contributed by atoms with van der Waals surface area (Å²) in [5, 5.41) is 3.48. The van der Waals surface area contributed by atoms with Gasteiger partial charge in [-0.3, -0.25) is 4.98 Å². The first-order valence-electron chi connectivity index (χ1n) is 6.43. The number of nitrogens with zero attached hydrogens (tertiary/aromatic N) is 1. The highest BCUT2D eigenvalue weighted by atomic mass is 14.9. The molecule has 1 unspecified atom stereocenters. The molecule has 0 amide bonds. The summed E-state index contributed by atoms with van der Waals surface area (Å²) >= 11 is 0. The second kappa shape index (κ2) is 6.31. The Hall–Kier alpha value is -1.67. The van der Waals surface area contributed by atoms with Crippen molar-refractivity contribution in [3.63, 3.8) is 0 Å². The second-order valence-electron chi connectivity index (χ2n) is 4.71. The number of nitrogens with one attached hydrogen (secondary N) is 1. The third-order valence-corrected chi connectivity index (χ3v) is 3.23. The minimum absolute atomic E-state index is 0.523. The predicted octanol–water partition coefficient (Wildman–Crippen LogP) is 3.28. The van der Waals surface area contributed by atoms with Gasteiger partial charge in [-0.05, 0) is 30.0 Å². The molecule has 1 atom stereocenters. The molecule has 1 aromatic heterocycles. The van der Waals surface area contributed by atoms with Crippen LogP contribution in [0.3, 0.4) is 0 Å². The van der Waals surface area contributed by atoms with E-state index in [-0.39, 0.29) is 0 Å². The van der Waals surface area contributed by atoms with Gasteiger partial charge in [0.05, 0.1) is 5.69 Å². The summed E-state index contributed by atoms with van der Waals surface area (Å²) in [4.78, 5) is 4.39. The van der Waals surface area contributed by atoms with Crippen molar-refractivity contribution >= 4 is 0 Å². The quantitative estimate of drug-likeness (QED) is 0.867. The highest BCUT2D eigenvalue weighted by Gasteiger charge is 2.04. The molecule has 18 heavy (non-hydrogen) atoms. The number of hydrogen-bond donors (Lipinski definition) is 1. The van der Waals surface area contributed by atoms with Crippen LogP contribution in [-0.2, 0) is 6.54 Å². The molecule has 1 aromatic carbocycles. The van der Waals surface area contributed by atoms with Gasteiger partial charge in [0.2, 0.25) is 0 Å². The smallest absolute Gasteiger partial charge is 0.0570 e. The zero-order valence-electron chi connectivity index (χ0n) is 11.1. The van der Waals surface area contributed by atoms with E-state index < -0.39 is 0 Å². The largest absolute Gasteiger partial charge is 0.311 e. The molecule has 2 aromatic rings. The molecule has 2 rings (SSSR count). The molecule has 1 N–H and O–H groups in total. The fraction of sp³-hybridized carbons (Fsp3) is 0.312. The molecule has 0 aliphatic carbocycles. The molecular formula is C16H20N2. The molecule has 0 aliphatic heterocycles. The zero-order chi connectivity index (χ0) is 12.8. The Labute approximate surface area is 109 Å². The van der Waals surface area contributed by atoms with E-state index in [4.69, 9.17) is 0 Å². The molecule has 0 saturated carbocycles. The van der Waals surface area contributed by atoms with Crippen LogP contribution in [0.15, 0.2) is 48.7 Å². The maximum Gasteiger partial charge on any atom is 0.0570 e. The van der Waals surface area contributed by atoms with Crippen molar-refractivity contribution in [2.75, 3.05) is 6.54 Å². The molecule has 1 heterocycles. The summed E-state index contributed by atoms with van der Waals surface area (Å²) < 4.78 is 0. The zero-order valence-corrected chi connectivity index (χ0v) is 11.1. The fourth-order valence-electron chi connectivity index (χ4n) is 2.01. The van der Waals surface area contributed by atoms with Crippen LogP contribution < -0.4 is 5.32 Å². The lowest BCUT2D eigenvalue weighted by Gasteiger charge is -2.13. The van der Waals surface area contributed by atoms with Gasteiger partial charge in [0.25, 0.3) is 0 Å². The maximum atomic E-state index is 4.39. The van der Waals surface area contributed by atoms with Gasteiger partial charge in [-0.2, -0.15) is 0 Å². The van der Waals surface area contributed by atoms with Gasteiger partial charge in [-0.1, -0.05) is 43.3 Å². The van der Waals surface area contributed by atoms with Crippen LogP contribution in [-0.4, -0.2) is 11.5 Å². The van der Waals surface area contributed by atoms with E-state index in [9.17, 15) is 0 Å². The van der Waals surface area contributed by atoms with Crippen LogP contribution in [0.25, 0.3) is 0 Å². The first-order chi connectivity index (χ1) is 8.77. The minimum Gasteiger partial charge on any atom is -0.311 e. The number of benzene rings is 1. The average Bonchev–Trinajstić information content (AvgIpc) is 2.42. The predicted molar refractivity (Wildman–Crippen MR) is 75.5 cm³/mol. The van der Waals surface area contributed by atoms with Crippen molar-refractivity contribution in [1.29, 1.82) is 0 Å². The summed E-state index contributed by atoms with van der Waals surface area (Å²) in [6.07, 6.45) is 1.85. The number of hydrogen-bond acceptors (Lipinski definition) is 2. The molecule has 0 aliphatic rings. The Morgan fingerprint density at radius 1 is 1.11 bits per heavy atom. The Morgan fingerprint density at radius 2 is 1.89 bits per heavy atom. The van der Waals surface area contributed by atoms with Gasteiger partial charge in [0, 0.05) is 19.3 Å². The van der Waals surface area contributed by atoms with E-state index in [1.54, 1.807) is 0 Å². The number of rotatable bonds is 5. The first-order valence-corrected chi connectivity index (χ1v) is 6.43. The standard InChI is InChI=1S/C16H20N2/c1-13-7-6-10-18-16(13)12-17-11-14(2)15-8-4-3-5-9-15/h3-10,14,17H,11-12H2,1-2H3. The molecule has 0 spiro atoms. The maximum absolute atomic E-state index is 4.39. The van der Waals surface area contributed by atoms with Gasteiger partial charge < -0.3 is 5.32 Å². The lowest BCUT2D eigenvalue weighted by atomic mass is 10.0. The van der Waals surface area contributed by atoms with E-state index in [0.29, 0.717) is 5.92 Å². The summed E-state index contributed by atoms with van der Waals surface area (Å²) in [6, 6.07) is 14.7. The Bertz CT molecular complexity index is 479. The van der Waals surface area contributed by atoms with Crippen LogP contribution in [0.2, 0.25) is 0 Å². The Kier molecular flexibility index (Phi) is 4.48. The van der Waals surface area contributed by atoms with Crippen LogP contribution in [0.5, 0.6) is 0 Å². The number of pyridine rings is 1. The Balaban J connectivity index is 1.84. The van der Waals surface area contributed by atoms with Crippen molar-refractivity contribution in [2.45, 2.75) is 26.3 Å². The number of aromatic nitrogens is 1. The highest BCUT2D eigenvalue weighted by molar-refractivity contribution is 5.20. The van der Waals surface area contributed by atoms with E-state index in [1.807, 2.05) is 12.3 Å². The first kappa shape index (κ1) is 12.8. The fourth-order valence-corrected chi connectivity index (χ4v) is 2.01. The molecule has 0 saturated heterocycles. The summed E-state index contributed by atoms with van der Waals surface area (Å²) in [5.41, 5.74) is 3.76. The van der Waals surface area contributed by atoms with Crippen LogP contribution >= 0.6 is 0 Å². The lowest BCUT2D eigenvalue weighted by molar-refractivity contribution is 0.607. The summed E-state index contributed by atoms with van der Waals surface area (Å²) in [6.45, 7) is 6.15. The SMILES string of the molecule is Cc1cccnc1CNCC(C)c1ccccc1. The molecule has 0 bridgehead atoms. The normalized spacial score (nSPS) is 12.3. The van der Waals surface area contributed by atoms with E-state index in [1.165, 1.54) is 11.1 Å².